The first-order chi connectivity index (χ1) is 3.31. The highest BCUT2D eigenvalue weighted by atomic mass is 31.1. The van der Waals surface area contributed by atoms with Gasteiger partial charge in [0.2, 0.25) is 0 Å². The minimum absolute atomic E-state index is 0.0881. The molecular weight excluding hydrogens is 119 g/mol. The van der Waals surface area contributed by atoms with Crippen molar-refractivity contribution in [1.29, 1.82) is 0 Å². The van der Waals surface area contributed by atoms with Gasteiger partial charge in [0.1, 0.15) is 0 Å². The molecule has 7 heavy (non-hydrogen) atoms. The topological polar surface area (TPSA) is 52.6 Å². The summed E-state index contributed by atoms with van der Waals surface area (Å²) >= 11 is 0. The fraction of sp³-hybridized carbons (Fsp3) is 0.500. The average molecular weight is 124 g/mol. The molecule has 0 heterocycles. The highest BCUT2D eigenvalue weighted by molar-refractivity contribution is 7.33. The van der Waals surface area contributed by atoms with E-state index in [2.05, 4.69) is 9.05 Å². The summed E-state index contributed by atoms with van der Waals surface area (Å²) in [5, 5.41) is 0. The SMILES string of the molecule is CO[PH](=O)OC=O. The summed E-state index contributed by atoms with van der Waals surface area (Å²) in [7, 11) is -1.30. The molecule has 0 aliphatic heterocycles. The van der Waals surface area contributed by atoms with Crippen molar-refractivity contribution in [2.24, 2.45) is 0 Å². The molecule has 0 spiro atoms. The van der Waals surface area contributed by atoms with Gasteiger partial charge in [0.25, 0.3) is 6.47 Å². The molecule has 0 bridgehead atoms. The molecule has 4 nitrogen and oxygen atoms in total. The van der Waals surface area contributed by atoms with E-state index in [0.29, 0.717) is 0 Å². The van der Waals surface area contributed by atoms with Gasteiger partial charge in [0.15, 0.2) is 0 Å². The second kappa shape index (κ2) is 3.84. The molecule has 0 aromatic carbocycles. The zero-order valence-corrected chi connectivity index (χ0v) is 4.71. The Labute approximate surface area is 41.4 Å². The highest BCUT2D eigenvalue weighted by Gasteiger charge is 1.88. The monoisotopic (exact) mass is 124 g/mol. The van der Waals surface area contributed by atoms with E-state index < -0.39 is 8.25 Å². The molecular formula is C2H5O4P. The van der Waals surface area contributed by atoms with Crippen LogP contribution < -0.4 is 0 Å². The highest BCUT2D eigenvalue weighted by Crippen LogP contribution is 2.18. The Balaban J connectivity index is 3.17. The number of hydrogen-bond donors (Lipinski definition) is 0. The maximum Gasteiger partial charge on any atom is 0.369 e. The van der Waals surface area contributed by atoms with Crippen LogP contribution in [0.3, 0.4) is 0 Å². The molecule has 1 atom stereocenters. The molecule has 42 valence electrons. The van der Waals surface area contributed by atoms with Gasteiger partial charge in [0.05, 0.1) is 0 Å². The van der Waals surface area contributed by atoms with Gasteiger partial charge >= 0.3 is 8.25 Å². The van der Waals surface area contributed by atoms with Crippen LogP contribution in [0.4, 0.5) is 0 Å². The first kappa shape index (κ1) is 6.66. The van der Waals surface area contributed by atoms with E-state index in [9.17, 15) is 9.36 Å². The van der Waals surface area contributed by atoms with Crippen molar-refractivity contribution in [1.82, 2.24) is 0 Å². The Hall–Kier alpha value is -0.340. The van der Waals surface area contributed by atoms with Crippen LogP contribution in [0.15, 0.2) is 0 Å². The second-order valence-electron chi connectivity index (χ2n) is 0.668. The van der Waals surface area contributed by atoms with Gasteiger partial charge in [0, 0.05) is 7.11 Å². The summed E-state index contributed by atoms with van der Waals surface area (Å²) in [5.74, 6) is 0. The summed E-state index contributed by atoms with van der Waals surface area (Å²) in [4.78, 5) is 9.30. The Morgan fingerprint density at radius 2 is 2.29 bits per heavy atom. The minimum Gasteiger partial charge on any atom is -0.396 e. The largest absolute Gasteiger partial charge is 0.396 e. The van der Waals surface area contributed by atoms with Crippen LogP contribution in [0.1, 0.15) is 0 Å². The van der Waals surface area contributed by atoms with Gasteiger partial charge in [-0.1, -0.05) is 0 Å². The molecule has 0 saturated heterocycles. The van der Waals surface area contributed by atoms with E-state index >= 15 is 0 Å². The lowest BCUT2D eigenvalue weighted by Crippen LogP contribution is -1.73. The van der Waals surface area contributed by atoms with Gasteiger partial charge < -0.3 is 9.05 Å². The molecule has 5 heteroatoms. The fourth-order valence-electron chi connectivity index (χ4n) is 0.0874. The molecule has 1 unspecified atom stereocenters. The van der Waals surface area contributed by atoms with Gasteiger partial charge in [-0.05, 0) is 0 Å². The third-order valence-corrected chi connectivity index (χ3v) is 0.933. The summed E-state index contributed by atoms with van der Waals surface area (Å²) in [5.41, 5.74) is 0. The van der Waals surface area contributed by atoms with Crippen molar-refractivity contribution >= 4 is 14.7 Å². The third kappa shape index (κ3) is 3.49. The van der Waals surface area contributed by atoms with E-state index in [0.717, 1.165) is 0 Å². The van der Waals surface area contributed by atoms with Crippen LogP contribution in [0, 0.1) is 0 Å². The molecule has 0 radical (unpaired) electrons. The average Bonchev–Trinajstić information content (AvgIpc) is 1.68. The van der Waals surface area contributed by atoms with Crippen LogP contribution in [0.2, 0.25) is 0 Å². The molecule has 0 aromatic rings. The molecule has 0 aromatic heterocycles. The smallest absolute Gasteiger partial charge is 0.369 e. The van der Waals surface area contributed by atoms with E-state index in [4.69, 9.17) is 0 Å². The van der Waals surface area contributed by atoms with Crippen LogP contribution >= 0.6 is 8.25 Å². The van der Waals surface area contributed by atoms with Crippen LogP contribution in [0.25, 0.3) is 0 Å². The standard InChI is InChI=1S/C2H5O4P/c1-5-7(4)6-2-3/h2,7H,1H3. The molecule has 0 rings (SSSR count). The quantitative estimate of drug-likeness (QED) is 0.398. The second-order valence-corrected chi connectivity index (χ2v) is 1.81. The molecule has 0 fully saturated rings. The Morgan fingerprint density at radius 1 is 1.71 bits per heavy atom. The first-order valence-electron chi connectivity index (χ1n) is 1.49. The van der Waals surface area contributed by atoms with Gasteiger partial charge in [-0.2, -0.15) is 0 Å². The lowest BCUT2D eigenvalue weighted by atomic mass is 11.7. The van der Waals surface area contributed by atoms with E-state index in [1.807, 2.05) is 0 Å². The van der Waals surface area contributed by atoms with Crippen molar-refractivity contribution in [2.45, 2.75) is 0 Å². The predicted molar refractivity (Wildman–Crippen MR) is 23.2 cm³/mol. The summed E-state index contributed by atoms with van der Waals surface area (Å²) in [6, 6.07) is 0. The van der Waals surface area contributed by atoms with Crippen molar-refractivity contribution < 1.29 is 18.4 Å². The van der Waals surface area contributed by atoms with Gasteiger partial charge in [-0.25, -0.2) is 4.57 Å². The number of rotatable bonds is 3. The van der Waals surface area contributed by atoms with Gasteiger partial charge in [-0.15, -0.1) is 0 Å². The normalized spacial score (nSPS) is 12.7. The predicted octanol–water partition coefficient (Wildman–Crippen LogP) is 0.195. The number of carbonyl (C=O) groups is 1. The number of carbonyl (C=O) groups excluding carboxylic acids is 1. The molecule has 0 aliphatic rings. The number of hydrogen-bond acceptors (Lipinski definition) is 4. The Kier molecular flexibility index (Phi) is 3.65. The summed E-state index contributed by atoms with van der Waals surface area (Å²) in [6.07, 6.45) is 0. The first-order valence-corrected chi connectivity index (χ1v) is 2.72. The minimum atomic E-state index is -2.50. The molecule has 0 saturated carbocycles. The van der Waals surface area contributed by atoms with Gasteiger partial charge in [-0.3, -0.25) is 4.79 Å². The molecule has 0 N–H and O–H groups in total. The van der Waals surface area contributed by atoms with Crippen molar-refractivity contribution in [2.75, 3.05) is 7.11 Å². The summed E-state index contributed by atoms with van der Waals surface area (Å²) in [6.45, 7) is 0.0881. The third-order valence-electron chi connectivity index (χ3n) is 0.311. The zero-order valence-electron chi connectivity index (χ0n) is 3.71. The van der Waals surface area contributed by atoms with Crippen molar-refractivity contribution in [3.8, 4) is 0 Å². The van der Waals surface area contributed by atoms with Crippen molar-refractivity contribution in [3.63, 3.8) is 0 Å². The molecule has 0 amide bonds. The van der Waals surface area contributed by atoms with E-state index in [1.54, 1.807) is 0 Å². The lowest BCUT2D eigenvalue weighted by molar-refractivity contribution is -0.120. The van der Waals surface area contributed by atoms with Crippen LogP contribution in [0.5, 0.6) is 0 Å². The Morgan fingerprint density at radius 3 is 2.43 bits per heavy atom. The van der Waals surface area contributed by atoms with Crippen LogP contribution in [-0.2, 0) is 18.4 Å². The fourth-order valence-corrected chi connectivity index (χ4v) is 0.262. The van der Waals surface area contributed by atoms with Crippen molar-refractivity contribution in [3.05, 3.63) is 0 Å². The maximum atomic E-state index is 9.92. The molecule has 0 aliphatic carbocycles. The van der Waals surface area contributed by atoms with E-state index in [1.165, 1.54) is 7.11 Å². The van der Waals surface area contributed by atoms with E-state index in [-0.39, 0.29) is 6.47 Å². The zero-order chi connectivity index (χ0) is 5.70. The maximum absolute atomic E-state index is 9.92. The lowest BCUT2D eigenvalue weighted by Gasteiger charge is -1.89. The van der Waals surface area contributed by atoms with Crippen LogP contribution in [-0.4, -0.2) is 13.6 Å². The summed E-state index contributed by atoms with van der Waals surface area (Å²) < 4.78 is 17.8. The Bertz CT molecular complexity index is 79.8.